The number of methoxy groups -OCH3 is 2. The summed E-state index contributed by atoms with van der Waals surface area (Å²) in [6, 6.07) is 4.63. The Hall–Kier alpha value is -1.26. The van der Waals surface area contributed by atoms with Crippen molar-refractivity contribution in [1.82, 2.24) is 0 Å². The van der Waals surface area contributed by atoms with E-state index in [-0.39, 0.29) is 18.0 Å². The smallest absolute Gasteiger partial charge is 0.163 e. The second-order valence-electron chi connectivity index (χ2n) is 4.21. The van der Waals surface area contributed by atoms with Gasteiger partial charge >= 0.3 is 0 Å². The third kappa shape index (κ3) is 4.55. The van der Waals surface area contributed by atoms with E-state index in [4.69, 9.17) is 9.47 Å². The summed E-state index contributed by atoms with van der Waals surface area (Å²) in [6.45, 7) is 1.91. The molecule has 1 aromatic rings. The van der Waals surface area contributed by atoms with Crippen LogP contribution in [0.3, 0.4) is 0 Å². The predicted octanol–water partition coefficient (Wildman–Crippen LogP) is 2.64. The maximum atomic E-state index is 13.1. The van der Waals surface area contributed by atoms with Gasteiger partial charge in [-0.05, 0) is 36.6 Å². The van der Waals surface area contributed by atoms with Gasteiger partial charge in [-0.15, -0.1) is 0 Å². The van der Waals surface area contributed by atoms with Crippen molar-refractivity contribution in [3.8, 4) is 0 Å². The minimum atomic E-state index is -0.494. The van der Waals surface area contributed by atoms with Gasteiger partial charge in [-0.3, -0.25) is 4.79 Å². The van der Waals surface area contributed by atoms with Crippen LogP contribution in [0.4, 0.5) is 4.39 Å². The lowest BCUT2D eigenvalue weighted by atomic mass is 10.0. The SMILES string of the molecule is COC(CC(=O)CCc1cc(F)ccc1C)OC. The molecule has 0 aromatic heterocycles. The van der Waals surface area contributed by atoms with E-state index in [1.54, 1.807) is 6.07 Å². The molecule has 0 aliphatic rings. The summed E-state index contributed by atoms with van der Waals surface area (Å²) >= 11 is 0. The lowest BCUT2D eigenvalue weighted by Gasteiger charge is -2.12. The average Bonchev–Trinajstić information content (AvgIpc) is 2.37. The molecule has 0 N–H and O–H groups in total. The highest BCUT2D eigenvalue weighted by molar-refractivity contribution is 5.79. The number of Topliss-reactive ketones (excluding diaryl/α,β-unsaturated/α-hetero) is 1. The molecule has 0 heterocycles. The molecule has 0 unspecified atom stereocenters. The number of hydrogen-bond donors (Lipinski definition) is 0. The zero-order valence-electron chi connectivity index (χ0n) is 11.0. The number of aryl methyl sites for hydroxylation is 2. The Bertz CT molecular complexity index is 400. The van der Waals surface area contributed by atoms with Crippen molar-refractivity contribution in [2.45, 2.75) is 32.5 Å². The molecule has 4 heteroatoms. The van der Waals surface area contributed by atoms with Gasteiger partial charge in [-0.2, -0.15) is 0 Å². The van der Waals surface area contributed by atoms with Gasteiger partial charge in [0, 0.05) is 20.6 Å². The summed E-state index contributed by atoms with van der Waals surface area (Å²) in [5.41, 5.74) is 1.87. The Labute approximate surface area is 107 Å². The highest BCUT2D eigenvalue weighted by Crippen LogP contribution is 2.13. The second-order valence-corrected chi connectivity index (χ2v) is 4.21. The Morgan fingerprint density at radius 2 is 2.00 bits per heavy atom. The van der Waals surface area contributed by atoms with Crippen LogP contribution in [-0.2, 0) is 20.7 Å². The van der Waals surface area contributed by atoms with Crippen LogP contribution in [0.2, 0.25) is 0 Å². The number of benzene rings is 1. The number of carbonyl (C=O) groups is 1. The first-order chi connectivity index (χ1) is 8.56. The topological polar surface area (TPSA) is 35.5 Å². The molecule has 0 saturated carbocycles. The van der Waals surface area contributed by atoms with Crippen molar-refractivity contribution >= 4 is 5.78 Å². The number of ether oxygens (including phenoxy) is 2. The molecule has 0 spiro atoms. The zero-order valence-corrected chi connectivity index (χ0v) is 11.0. The van der Waals surface area contributed by atoms with Gasteiger partial charge in [0.25, 0.3) is 0 Å². The number of hydrogen-bond acceptors (Lipinski definition) is 3. The monoisotopic (exact) mass is 254 g/mol. The first kappa shape index (κ1) is 14.8. The molecule has 0 aliphatic heterocycles. The van der Waals surface area contributed by atoms with Crippen LogP contribution in [0.25, 0.3) is 0 Å². The van der Waals surface area contributed by atoms with E-state index < -0.39 is 6.29 Å². The molecule has 0 atom stereocenters. The van der Waals surface area contributed by atoms with Crippen LogP contribution in [0.15, 0.2) is 18.2 Å². The van der Waals surface area contributed by atoms with Crippen LogP contribution < -0.4 is 0 Å². The summed E-state index contributed by atoms with van der Waals surface area (Å²) in [7, 11) is 3.00. The molecule has 0 saturated heterocycles. The van der Waals surface area contributed by atoms with Gasteiger partial charge < -0.3 is 9.47 Å². The van der Waals surface area contributed by atoms with Crippen LogP contribution in [0.5, 0.6) is 0 Å². The number of ketones is 1. The largest absolute Gasteiger partial charge is 0.355 e. The third-order valence-electron chi connectivity index (χ3n) is 2.90. The predicted molar refractivity (Wildman–Crippen MR) is 66.9 cm³/mol. The van der Waals surface area contributed by atoms with E-state index in [2.05, 4.69) is 0 Å². The Balaban J connectivity index is 2.49. The average molecular weight is 254 g/mol. The van der Waals surface area contributed by atoms with Gasteiger partial charge in [0.15, 0.2) is 6.29 Å². The van der Waals surface area contributed by atoms with Crippen molar-refractivity contribution in [2.75, 3.05) is 14.2 Å². The molecule has 100 valence electrons. The summed E-state index contributed by atoms with van der Waals surface area (Å²) in [5, 5.41) is 0. The first-order valence-electron chi connectivity index (χ1n) is 5.89. The summed E-state index contributed by atoms with van der Waals surface area (Å²) in [6.07, 6.45) is 0.642. The zero-order chi connectivity index (χ0) is 13.5. The van der Waals surface area contributed by atoms with Gasteiger partial charge in [-0.1, -0.05) is 6.07 Å². The van der Waals surface area contributed by atoms with Gasteiger partial charge in [0.2, 0.25) is 0 Å². The minimum absolute atomic E-state index is 0.0485. The van der Waals surface area contributed by atoms with Gasteiger partial charge in [-0.25, -0.2) is 4.39 Å². The molecule has 0 fully saturated rings. The molecular weight excluding hydrogens is 235 g/mol. The number of carbonyl (C=O) groups excluding carboxylic acids is 1. The fraction of sp³-hybridized carbons (Fsp3) is 0.500. The van der Waals surface area contributed by atoms with Crippen LogP contribution in [0.1, 0.15) is 24.0 Å². The van der Waals surface area contributed by atoms with Crippen molar-refractivity contribution in [2.24, 2.45) is 0 Å². The van der Waals surface area contributed by atoms with E-state index in [1.165, 1.54) is 26.4 Å². The van der Waals surface area contributed by atoms with Crippen molar-refractivity contribution in [1.29, 1.82) is 0 Å². The summed E-state index contributed by atoms with van der Waals surface area (Å²) in [4.78, 5) is 11.7. The maximum absolute atomic E-state index is 13.1. The minimum Gasteiger partial charge on any atom is -0.355 e. The summed E-state index contributed by atoms with van der Waals surface area (Å²) < 4.78 is 23.0. The standard InChI is InChI=1S/C14H19FO3/c1-10-4-6-12(15)8-11(10)5-7-13(16)9-14(17-2)18-3/h4,6,8,14H,5,7,9H2,1-3H3. The Kier molecular flexibility index (Phi) is 5.95. The number of rotatable bonds is 7. The molecule has 0 aliphatic carbocycles. The molecule has 0 bridgehead atoms. The van der Waals surface area contributed by atoms with Crippen LogP contribution in [0, 0.1) is 12.7 Å². The molecule has 1 aromatic carbocycles. The van der Waals surface area contributed by atoms with E-state index >= 15 is 0 Å². The van der Waals surface area contributed by atoms with Crippen LogP contribution in [-0.4, -0.2) is 26.3 Å². The molecule has 0 radical (unpaired) electrons. The quantitative estimate of drug-likeness (QED) is 0.702. The lowest BCUT2D eigenvalue weighted by molar-refractivity contribution is -0.137. The molecule has 3 nitrogen and oxygen atoms in total. The Morgan fingerprint density at radius 3 is 2.61 bits per heavy atom. The first-order valence-corrected chi connectivity index (χ1v) is 5.89. The van der Waals surface area contributed by atoms with Crippen molar-refractivity contribution in [3.05, 3.63) is 35.1 Å². The molecule has 18 heavy (non-hydrogen) atoms. The van der Waals surface area contributed by atoms with Crippen molar-refractivity contribution in [3.63, 3.8) is 0 Å². The van der Waals surface area contributed by atoms with E-state index in [0.29, 0.717) is 12.8 Å². The second kappa shape index (κ2) is 7.24. The third-order valence-corrected chi connectivity index (χ3v) is 2.90. The number of halogens is 1. The van der Waals surface area contributed by atoms with E-state index in [1.807, 2.05) is 6.92 Å². The maximum Gasteiger partial charge on any atom is 0.163 e. The lowest BCUT2D eigenvalue weighted by Crippen LogP contribution is -2.18. The van der Waals surface area contributed by atoms with Crippen LogP contribution >= 0.6 is 0 Å². The van der Waals surface area contributed by atoms with Gasteiger partial charge in [0.1, 0.15) is 11.6 Å². The Morgan fingerprint density at radius 1 is 1.33 bits per heavy atom. The van der Waals surface area contributed by atoms with Crippen molar-refractivity contribution < 1.29 is 18.7 Å². The fourth-order valence-corrected chi connectivity index (χ4v) is 1.73. The molecule has 1 rings (SSSR count). The van der Waals surface area contributed by atoms with E-state index in [0.717, 1.165) is 11.1 Å². The molecule has 0 amide bonds. The van der Waals surface area contributed by atoms with Gasteiger partial charge in [0.05, 0.1) is 6.42 Å². The van der Waals surface area contributed by atoms with E-state index in [9.17, 15) is 9.18 Å². The molecular formula is C14H19FO3. The highest BCUT2D eigenvalue weighted by atomic mass is 19.1. The summed E-state index contributed by atoms with van der Waals surface area (Å²) in [5.74, 6) is -0.220. The normalized spacial score (nSPS) is 10.9. The highest BCUT2D eigenvalue weighted by Gasteiger charge is 2.12. The fourth-order valence-electron chi connectivity index (χ4n) is 1.73.